The Labute approximate surface area is 141 Å². The first-order valence-electron chi connectivity index (χ1n) is 7.49. The van der Waals surface area contributed by atoms with E-state index in [1.807, 2.05) is 6.92 Å². The van der Waals surface area contributed by atoms with E-state index < -0.39 is 10.0 Å². The lowest BCUT2D eigenvalue weighted by Gasteiger charge is -2.10. The van der Waals surface area contributed by atoms with E-state index in [1.54, 1.807) is 43.3 Å². The van der Waals surface area contributed by atoms with E-state index in [-0.39, 0.29) is 10.8 Å². The molecule has 0 bridgehead atoms. The van der Waals surface area contributed by atoms with Crippen molar-refractivity contribution in [1.29, 1.82) is 0 Å². The molecule has 24 heavy (non-hydrogen) atoms. The minimum Gasteiger partial charge on any atom is -0.494 e. The van der Waals surface area contributed by atoms with Gasteiger partial charge in [0.1, 0.15) is 5.75 Å². The highest BCUT2D eigenvalue weighted by Crippen LogP contribution is 2.20. The number of nitrogens with two attached hydrogens (primary N) is 1. The highest BCUT2D eigenvalue weighted by molar-refractivity contribution is 7.89. The maximum Gasteiger partial charge on any atom is 0.255 e. The van der Waals surface area contributed by atoms with Crippen LogP contribution < -0.4 is 15.2 Å². The van der Waals surface area contributed by atoms with Crippen LogP contribution in [0.4, 0.5) is 5.69 Å². The van der Waals surface area contributed by atoms with Crippen molar-refractivity contribution in [3.63, 3.8) is 0 Å². The molecular formula is C17H20N2O4S. The molecule has 0 fully saturated rings. The van der Waals surface area contributed by atoms with E-state index in [4.69, 9.17) is 9.88 Å². The highest BCUT2D eigenvalue weighted by Gasteiger charge is 2.14. The van der Waals surface area contributed by atoms with Gasteiger partial charge in [-0.25, -0.2) is 13.6 Å². The van der Waals surface area contributed by atoms with Crippen LogP contribution in [0.2, 0.25) is 0 Å². The van der Waals surface area contributed by atoms with E-state index in [0.29, 0.717) is 29.2 Å². The van der Waals surface area contributed by atoms with Gasteiger partial charge in [-0.3, -0.25) is 4.79 Å². The molecule has 0 atom stereocenters. The number of amides is 1. The number of sulfonamides is 1. The number of hydrogen-bond acceptors (Lipinski definition) is 4. The summed E-state index contributed by atoms with van der Waals surface area (Å²) in [5.74, 6) is 0.250. The second kappa shape index (κ2) is 7.46. The normalized spacial score (nSPS) is 11.1. The van der Waals surface area contributed by atoms with Crippen LogP contribution in [0.25, 0.3) is 0 Å². The zero-order valence-corrected chi connectivity index (χ0v) is 14.4. The summed E-state index contributed by atoms with van der Waals surface area (Å²) in [6, 6.07) is 11.4. The number of carbonyl (C=O) groups is 1. The number of rotatable bonds is 6. The van der Waals surface area contributed by atoms with Gasteiger partial charge >= 0.3 is 0 Å². The number of hydrogen-bond donors (Lipinski definition) is 2. The van der Waals surface area contributed by atoms with Crippen molar-refractivity contribution in [3.05, 3.63) is 53.6 Å². The van der Waals surface area contributed by atoms with E-state index >= 15 is 0 Å². The Bertz CT molecular complexity index is 847. The largest absolute Gasteiger partial charge is 0.494 e. The Morgan fingerprint density at radius 3 is 2.62 bits per heavy atom. The summed E-state index contributed by atoms with van der Waals surface area (Å²) in [6.07, 6.45) is 0.871. The summed E-state index contributed by atoms with van der Waals surface area (Å²) in [7, 11) is -3.84. The van der Waals surface area contributed by atoms with Gasteiger partial charge in [-0.2, -0.15) is 0 Å². The average molecular weight is 348 g/mol. The molecule has 0 spiro atoms. The van der Waals surface area contributed by atoms with Gasteiger partial charge in [0.05, 0.1) is 11.5 Å². The van der Waals surface area contributed by atoms with E-state index in [0.717, 1.165) is 6.42 Å². The minimum absolute atomic E-state index is 0.0136. The Hall–Kier alpha value is -2.38. The second-order valence-electron chi connectivity index (χ2n) is 5.36. The lowest BCUT2D eigenvalue weighted by Crippen LogP contribution is -2.16. The van der Waals surface area contributed by atoms with Gasteiger partial charge in [0, 0.05) is 11.3 Å². The number of anilines is 1. The van der Waals surface area contributed by atoms with Gasteiger partial charge < -0.3 is 10.1 Å². The van der Waals surface area contributed by atoms with Gasteiger partial charge in [0.2, 0.25) is 10.0 Å². The van der Waals surface area contributed by atoms with Gasteiger partial charge in [0.25, 0.3) is 5.91 Å². The molecule has 2 aromatic carbocycles. The van der Waals surface area contributed by atoms with E-state index in [2.05, 4.69) is 5.32 Å². The van der Waals surface area contributed by atoms with Gasteiger partial charge in [-0.15, -0.1) is 0 Å². The number of benzene rings is 2. The molecule has 0 aromatic heterocycles. The van der Waals surface area contributed by atoms with Crippen molar-refractivity contribution >= 4 is 21.6 Å². The lowest BCUT2D eigenvalue weighted by molar-refractivity contribution is 0.102. The SMILES string of the molecule is CCCOc1cccc(C(=O)Nc2ccc(C)c(S(N)(=O)=O)c2)c1. The molecule has 1 amide bonds. The molecule has 3 N–H and O–H groups in total. The topological polar surface area (TPSA) is 98.5 Å². The summed E-state index contributed by atoms with van der Waals surface area (Å²) in [6.45, 7) is 4.21. The van der Waals surface area contributed by atoms with E-state index in [9.17, 15) is 13.2 Å². The first-order chi connectivity index (χ1) is 11.3. The monoisotopic (exact) mass is 348 g/mol. The van der Waals surface area contributed by atoms with Crippen LogP contribution in [0, 0.1) is 6.92 Å². The van der Waals surface area contributed by atoms with Crippen LogP contribution in [0.1, 0.15) is 29.3 Å². The predicted octanol–water partition coefficient (Wildman–Crippen LogP) is 2.68. The Morgan fingerprint density at radius 1 is 1.21 bits per heavy atom. The number of nitrogens with one attached hydrogen (secondary N) is 1. The van der Waals surface area contributed by atoms with Crippen molar-refractivity contribution in [2.45, 2.75) is 25.2 Å². The molecule has 0 aliphatic carbocycles. The molecule has 0 unspecified atom stereocenters. The zero-order valence-electron chi connectivity index (χ0n) is 13.6. The third kappa shape index (κ3) is 4.56. The Morgan fingerprint density at radius 2 is 1.96 bits per heavy atom. The van der Waals surface area contributed by atoms with Crippen molar-refractivity contribution in [2.24, 2.45) is 5.14 Å². The van der Waals surface area contributed by atoms with Crippen molar-refractivity contribution in [3.8, 4) is 5.75 Å². The van der Waals surface area contributed by atoms with Gasteiger partial charge in [0.15, 0.2) is 0 Å². The summed E-state index contributed by atoms with van der Waals surface area (Å²) in [5, 5.41) is 7.84. The Kier molecular flexibility index (Phi) is 5.58. The second-order valence-corrected chi connectivity index (χ2v) is 6.89. The number of carbonyl (C=O) groups excluding carboxylic acids is 1. The standard InChI is InChI=1S/C17H20N2O4S/c1-3-9-23-15-6-4-5-13(10-15)17(20)19-14-8-7-12(2)16(11-14)24(18,21)22/h4-8,10-11H,3,9H2,1-2H3,(H,19,20)(H2,18,21,22). The smallest absolute Gasteiger partial charge is 0.255 e. The fraction of sp³-hybridized carbons (Fsp3) is 0.235. The summed E-state index contributed by atoms with van der Waals surface area (Å²) in [4.78, 5) is 12.3. The van der Waals surface area contributed by atoms with Crippen LogP contribution in [0.3, 0.4) is 0 Å². The molecule has 2 rings (SSSR count). The van der Waals surface area contributed by atoms with Gasteiger partial charge in [-0.05, 0) is 49.2 Å². The van der Waals surface area contributed by atoms with Crippen LogP contribution in [-0.4, -0.2) is 20.9 Å². The van der Waals surface area contributed by atoms with E-state index in [1.165, 1.54) is 6.07 Å². The average Bonchev–Trinajstić information content (AvgIpc) is 2.54. The minimum atomic E-state index is -3.84. The van der Waals surface area contributed by atoms with Crippen molar-refractivity contribution in [2.75, 3.05) is 11.9 Å². The summed E-state index contributed by atoms with van der Waals surface area (Å²) < 4.78 is 28.6. The maximum atomic E-state index is 12.3. The first kappa shape index (κ1) is 18.0. The summed E-state index contributed by atoms with van der Waals surface area (Å²) >= 11 is 0. The summed E-state index contributed by atoms with van der Waals surface area (Å²) in [5.41, 5.74) is 1.29. The third-order valence-electron chi connectivity index (χ3n) is 3.32. The highest BCUT2D eigenvalue weighted by atomic mass is 32.2. The molecular weight excluding hydrogens is 328 g/mol. The molecule has 0 radical (unpaired) electrons. The quantitative estimate of drug-likeness (QED) is 0.838. The van der Waals surface area contributed by atoms with Crippen molar-refractivity contribution in [1.82, 2.24) is 0 Å². The number of primary sulfonamides is 1. The number of aryl methyl sites for hydroxylation is 1. The van der Waals surface area contributed by atoms with Crippen LogP contribution in [0.5, 0.6) is 5.75 Å². The molecule has 0 saturated carbocycles. The van der Waals surface area contributed by atoms with Crippen LogP contribution in [-0.2, 0) is 10.0 Å². The Balaban J connectivity index is 2.21. The van der Waals surface area contributed by atoms with Crippen LogP contribution in [0.15, 0.2) is 47.4 Å². The molecule has 128 valence electrons. The predicted molar refractivity (Wildman–Crippen MR) is 92.7 cm³/mol. The van der Waals surface area contributed by atoms with Gasteiger partial charge in [-0.1, -0.05) is 19.1 Å². The molecule has 2 aromatic rings. The first-order valence-corrected chi connectivity index (χ1v) is 9.03. The number of ether oxygens (including phenoxy) is 1. The maximum absolute atomic E-state index is 12.3. The van der Waals surface area contributed by atoms with Crippen LogP contribution >= 0.6 is 0 Å². The fourth-order valence-corrected chi connectivity index (χ4v) is 2.94. The van der Waals surface area contributed by atoms with Crippen molar-refractivity contribution < 1.29 is 17.9 Å². The molecule has 0 aliphatic heterocycles. The zero-order chi connectivity index (χ0) is 17.7. The third-order valence-corrected chi connectivity index (χ3v) is 4.37. The fourth-order valence-electron chi connectivity index (χ4n) is 2.13. The lowest BCUT2D eigenvalue weighted by atomic mass is 10.2. The molecule has 0 aliphatic rings. The molecule has 6 nitrogen and oxygen atoms in total. The molecule has 7 heteroatoms. The molecule has 0 heterocycles. The molecule has 0 saturated heterocycles.